The van der Waals surface area contributed by atoms with Crippen molar-refractivity contribution in [2.75, 3.05) is 32.8 Å². The summed E-state index contributed by atoms with van der Waals surface area (Å²) in [7, 11) is 0. The number of rotatable bonds is 12. The van der Waals surface area contributed by atoms with Crippen molar-refractivity contribution in [3.05, 3.63) is 23.1 Å². The van der Waals surface area contributed by atoms with Crippen LogP contribution in [0.1, 0.15) is 60.8 Å². The van der Waals surface area contributed by atoms with E-state index in [0.717, 1.165) is 25.9 Å². The second kappa shape index (κ2) is 16.9. The maximum Gasteiger partial charge on any atom is 0.287 e. The minimum atomic E-state index is -1.40. The Hall–Kier alpha value is -1.68. The number of carbonyl (C=O) groups excluding carboxylic acids is 3. The molecular formula is C24H43N3O5S. The Labute approximate surface area is 203 Å². The topological polar surface area (TPSA) is 119 Å². The molecule has 9 heteroatoms. The highest BCUT2D eigenvalue weighted by Crippen LogP contribution is 2.28. The molecule has 0 aromatic rings. The lowest BCUT2D eigenvalue weighted by atomic mass is 9.87. The highest BCUT2D eigenvalue weighted by molar-refractivity contribution is 8.01. The van der Waals surface area contributed by atoms with Crippen LogP contribution in [-0.2, 0) is 14.4 Å². The molecule has 1 fully saturated rings. The van der Waals surface area contributed by atoms with Crippen molar-refractivity contribution >= 4 is 29.5 Å². The third-order valence-corrected chi connectivity index (χ3v) is 6.48. The fourth-order valence-corrected chi connectivity index (χ4v) is 3.98. The Morgan fingerprint density at radius 2 is 1.76 bits per heavy atom. The van der Waals surface area contributed by atoms with E-state index in [0.29, 0.717) is 12.5 Å². The maximum absolute atomic E-state index is 12.0. The van der Waals surface area contributed by atoms with Crippen molar-refractivity contribution in [1.29, 1.82) is 0 Å². The van der Waals surface area contributed by atoms with Crippen LogP contribution < -0.4 is 10.6 Å². The zero-order valence-electron chi connectivity index (χ0n) is 21.0. The van der Waals surface area contributed by atoms with Gasteiger partial charge >= 0.3 is 0 Å². The fraction of sp³-hybridized carbons (Fsp3) is 0.708. The Morgan fingerprint density at radius 1 is 1.15 bits per heavy atom. The second-order valence-electron chi connectivity index (χ2n) is 8.38. The second-order valence-corrected chi connectivity index (χ2v) is 9.55. The van der Waals surface area contributed by atoms with Crippen molar-refractivity contribution in [2.24, 2.45) is 11.3 Å². The minimum absolute atomic E-state index is 0.0429. The van der Waals surface area contributed by atoms with E-state index in [4.69, 9.17) is 0 Å². The monoisotopic (exact) mass is 485 g/mol. The van der Waals surface area contributed by atoms with Gasteiger partial charge in [-0.2, -0.15) is 0 Å². The van der Waals surface area contributed by atoms with Crippen LogP contribution in [0, 0.1) is 11.3 Å². The zero-order valence-corrected chi connectivity index (χ0v) is 21.8. The number of nitrogens with zero attached hydrogens (tertiary/aromatic N) is 1. The molecular weight excluding hydrogens is 442 g/mol. The number of piperidine rings is 1. The number of hydrogen-bond acceptors (Lipinski definition) is 7. The van der Waals surface area contributed by atoms with Gasteiger partial charge in [0, 0.05) is 42.9 Å². The predicted molar refractivity (Wildman–Crippen MR) is 134 cm³/mol. The molecule has 1 unspecified atom stereocenters. The first-order valence-electron chi connectivity index (χ1n) is 11.7. The van der Waals surface area contributed by atoms with E-state index in [-0.39, 0.29) is 19.6 Å². The van der Waals surface area contributed by atoms with Gasteiger partial charge in [-0.25, -0.2) is 4.31 Å². The van der Waals surface area contributed by atoms with Crippen LogP contribution >= 0.6 is 11.9 Å². The highest BCUT2D eigenvalue weighted by Gasteiger charge is 2.32. The number of nitrogens with one attached hydrogen (secondary N) is 2. The van der Waals surface area contributed by atoms with Crippen LogP contribution in [0.4, 0.5) is 0 Å². The number of allylic oxidation sites excluding steroid dienone is 3. The van der Waals surface area contributed by atoms with E-state index in [1.54, 1.807) is 25.8 Å². The van der Waals surface area contributed by atoms with E-state index < -0.39 is 29.1 Å². The lowest BCUT2D eigenvalue weighted by Crippen LogP contribution is -2.46. The van der Waals surface area contributed by atoms with Gasteiger partial charge < -0.3 is 20.8 Å². The molecule has 2 amide bonds. The summed E-state index contributed by atoms with van der Waals surface area (Å²) < 4.78 is 2.31. The largest absolute Gasteiger partial charge is 0.396 e. The summed E-state index contributed by atoms with van der Waals surface area (Å²) in [4.78, 5) is 37.1. The van der Waals surface area contributed by atoms with Crippen molar-refractivity contribution in [1.82, 2.24) is 14.9 Å². The quantitative estimate of drug-likeness (QED) is 0.190. The van der Waals surface area contributed by atoms with Crippen molar-refractivity contribution < 1.29 is 24.6 Å². The van der Waals surface area contributed by atoms with E-state index in [1.165, 1.54) is 4.91 Å². The van der Waals surface area contributed by atoms with Gasteiger partial charge in [0.05, 0.1) is 6.61 Å². The van der Waals surface area contributed by atoms with Crippen LogP contribution in [0.3, 0.4) is 0 Å². The molecule has 33 heavy (non-hydrogen) atoms. The first kappa shape index (κ1) is 31.3. The Bertz CT molecular complexity index is 671. The minimum Gasteiger partial charge on any atom is -0.396 e. The number of aliphatic hydroxyl groups excluding tert-OH is 2. The number of ketones is 1. The molecule has 0 radical (unpaired) electrons. The molecule has 0 aromatic heterocycles. The van der Waals surface area contributed by atoms with E-state index in [2.05, 4.69) is 27.1 Å². The number of amides is 2. The predicted octanol–water partition coefficient (Wildman–Crippen LogP) is 2.42. The van der Waals surface area contributed by atoms with Gasteiger partial charge in [-0.3, -0.25) is 14.4 Å². The number of aliphatic hydroxyl groups is 2. The van der Waals surface area contributed by atoms with Gasteiger partial charge in [0.1, 0.15) is 6.10 Å². The standard InChI is InChI=1S/C22H37N3O5S.C2H6/c1-5-7-17(6-2)31-25-12-9-16(10-13-25)14-24-20(29)18(27)8-11-23-21(30)19(28)22(3,4)15-26;1-2/h5-7,16,19,26,28H,8-15H2,1-4H3,(H,23,30)(H,24,29);1-2H3/b7-5-,17-6+;. The summed E-state index contributed by atoms with van der Waals surface area (Å²) in [5.74, 6) is -1.59. The first-order valence-corrected chi connectivity index (χ1v) is 12.5. The molecule has 1 rings (SSSR count). The molecule has 1 aliphatic rings. The summed E-state index contributed by atoms with van der Waals surface area (Å²) >= 11 is 1.74. The zero-order chi connectivity index (χ0) is 25.4. The lowest BCUT2D eigenvalue weighted by Gasteiger charge is -2.31. The summed E-state index contributed by atoms with van der Waals surface area (Å²) in [6, 6.07) is 0. The smallest absolute Gasteiger partial charge is 0.287 e. The van der Waals surface area contributed by atoms with E-state index in [1.807, 2.05) is 33.8 Å². The summed E-state index contributed by atoms with van der Waals surface area (Å²) in [6.45, 7) is 13.0. The van der Waals surface area contributed by atoms with Crippen molar-refractivity contribution in [3.63, 3.8) is 0 Å². The normalized spacial score (nSPS) is 16.7. The van der Waals surface area contributed by atoms with Gasteiger partial charge in [-0.15, -0.1) is 0 Å². The average Bonchev–Trinajstić information content (AvgIpc) is 2.83. The molecule has 0 spiro atoms. The average molecular weight is 486 g/mol. The van der Waals surface area contributed by atoms with Crippen LogP contribution in [0.15, 0.2) is 23.1 Å². The molecule has 0 aromatic carbocycles. The third kappa shape index (κ3) is 11.8. The van der Waals surface area contributed by atoms with E-state index >= 15 is 0 Å². The number of carbonyl (C=O) groups is 3. The summed E-state index contributed by atoms with van der Waals surface area (Å²) in [5.41, 5.74) is -0.985. The van der Waals surface area contributed by atoms with Gasteiger partial charge in [-0.1, -0.05) is 45.9 Å². The maximum atomic E-state index is 12.0. The molecule has 0 aliphatic carbocycles. The van der Waals surface area contributed by atoms with Crippen molar-refractivity contribution in [3.8, 4) is 0 Å². The molecule has 0 bridgehead atoms. The molecule has 1 atom stereocenters. The van der Waals surface area contributed by atoms with Crippen LogP contribution in [-0.4, -0.2) is 71.0 Å². The van der Waals surface area contributed by atoms with E-state index in [9.17, 15) is 24.6 Å². The fourth-order valence-electron chi connectivity index (χ4n) is 2.98. The summed E-state index contributed by atoms with van der Waals surface area (Å²) in [6.07, 6.45) is 6.54. The molecule has 190 valence electrons. The van der Waals surface area contributed by atoms with Crippen LogP contribution in [0.25, 0.3) is 0 Å². The Kier molecular flexibility index (Phi) is 16.0. The van der Waals surface area contributed by atoms with Gasteiger partial charge in [0.2, 0.25) is 11.7 Å². The molecule has 8 nitrogen and oxygen atoms in total. The molecule has 4 N–H and O–H groups in total. The van der Waals surface area contributed by atoms with Gasteiger partial charge in [-0.05, 0) is 44.6 Å². The lowest BCUT2D eigenvalue weighted by molar-refractivity contribution is -0.139. The molecule has 1 aliphatic heterocycles. The van der Waals surface area contributed by atoms with Gasteiger partial charge in [0.25, 0.3) is 5.91 Å². The SMILES string of the molecule is C/C=C\C(=C/C)SN1CCC(CNC(=O)C(=O)CCNC(=O)C(O)C(C)(C)CO)CC1.CC. The highest BCUT2D eigenvalue weighted by atomic mass is 32.2. The molecule has 0 saturated carbocycles. The van der Waals surface area contributed by atoms with Crippen LogP contribution in [0.5, 0.6) is 0 Å². The first-order chi connectivity index (χ1) is 15.6. The number of Topliss-reactive ketones (excluding diaryl/α,β-unsaturated/α-hetero) is 1. The van der Waals surface area contributed by atoms with Crippen molar-refractivity contribution in [2.45, 2.75) is 66.9 Å². The van der Waals surface area contributed by atoms with Crippen LogP contribution in [0.2, 0.25) is 0 Å². The number of hydrogen-bond donors (Lipinski definition) is 4. The Morgan fingerprint density at radius 3 is 2.27 bits per heavy atom. The Balaban J connectivity index is 0.00000497. The molecule has 1 saturated heterocycles. The third-order valence-electron chi connectivity index (χ3n) is 5.28. The summed E-state index contributed by atoms with van der Waals surface area (Å²) in [5, 5.41) is 24.2. The molecule has 1 heterocycles. The van der Waals surface area contributed by atoms with Gasteiger partial charge in [0.15, 0.2) is 0 Å².